The molecule has 0 bridgehead atoms. The first-order chi connectivity index (χ1) is 17.6. The molecule has 2 aromatic carbocycles. The second kappa shape index (κ2) is 10.7. The van der Waals surface area contributed by atoms with Crippen LogP contribution in [0.3, 0.4) is 0 Å². The number of fused-ring (bicyclic) bond motifs is 2. The molecule has 0 saturated carbocycles. The van der Waals surface area contributed by atoms with Gasteiger partial charge in [-0.3, -0.25) is 14.2 Å². The first-order valence-electron chi connectivity index (χ1n) is 12.1. The van der Waals surface area contributed by atoms with Crippen molar-refractivity contribution in [2.24, 2.45) is 5.73 Å². The molecule has 37 heavy (non-hydrogen) atoms. The van der Waals surface area contributed by atoms with Gasteiger partial charge in [-0.1, -0.05) is 36.4 Å². The van der Waals surface area contributed by atoms with Crippen LogP contribution in [0.2, 0.25) is 0 Å². The van der Waals surface area contributed by atoms with Crippen LogP contribution in [0.15, 0.2) is 60.1 Å². The largest absolute Gasteiger partial charge is 0.443 e. The highest BCUT2D eigenvalue weighted by molar-refractivity contribution is 7.17. The van der Waals surface area contributed by atoms with E-state index < -0.39 is 29.7 Å². The molecule has 0 aliphatic heterocycles. The van der Waals surface area contributed by atoms with Crippen molar-refractivity contribution in [2.45, 2.75) is 51.3 Å². The number of hydrogen-bond donors (Lipinski definition) is 3. The molecule has 2 amide bonds. The van der Waals surface area contributed by atoms with Crippen LogP contribution in [-0.4, -0.2) is 47.2 Å². The van der Waals surface area contributed by atoms with E-state index in [0.29, 0.717) is 17.5 Å². The number of nitrogens with two attached hydrogens (primary N) is 1. The summed E-state index contributed by atoms with van der Waals surface area (Å²) in [6.45, 7) is 5.40. The number of benzene rings is 2. The molecule has 0 aliphatic carbocycles. The molecular formula is C28H32N4O4S. The molecule has 8 nitrogen and oxygen atoms in total. The lowest BCUT2D eigenvalue weighted by atomic mass is 10.0. The molecule has 0 spiro atoms. The highest BCUT2D eigenvalue weighted by Gasteiger charge is 2.27. The summed E-state index contributed by atoms with van der Waals surface area (Å²) in [5.74, 6) is -0.976. The van der Waals surface area contributed by atoms with Gasteiger partial charge in [-0.15, -0.1) is 11.3 Å². The lowest BCUT2D eigenvalue weighted by Gasteiger charge is -2.21. The molecule has 2 atom stereocenters. The fourth-order valence-electron chi connectivity index (χ4n) is 4.33. The lowest BCUT2D eigenvalue weighted by molar-refractivity contribution is -0.128. The van der Waals surface area contributed by atoms with Crippen LogP contribution in [0.1, 0.15) is 31.9 Å². The normalized spacial score (nSPS) is 13.4. The third kappa shape index (κ3) is 6.00. The molecular weight excluding hydrogens is 488 g/mol. The average molecular weight is 521 g/mol. The maximum absolute atomic E-state index is 13.2. The van der Waals surface area contributed by atoms with Crippen LogP contribution in [0.4, 0.5) is 4.79 Å². The zero-order valence-electron chi connectivity index (χ0n) is 21.4. The third-order valence-electron chi connectivity index (χ3n) is 6.12. The van der Waals surface area contributed by atoms with Crippen molar-refractivity contribution in [3.63, 3.8) is 0 Å². The van der Waals surface area contributed by atoms with Crippen molar-refractivity contribution in [2.75, 3.05) is 7.05 Å². The fraction of sp³-hybridized carbons (Fsp3) is 0.321. The predicted octanol–water partition coefficient (Wildman–Crippen LogP) is 3.98. The Morgan fingerprint density at radius 2 is 1.62 bits per heavy atom. The zero-order chi connectivity index (χ0) is 26.7. The van der Waals surface area contributed by atoms with Crippen molar-refractivity contribution in [1.82, 2.24) is 15.2 Å². The molecule has 1 unspecified atom stereocenters. The van der Waals surface area contributed by atoms with E-state index in [-0.39, 0.29) is 12.3 Å². The summed E-state index contributed by atoms with van der Waals surface area (Å²) < 4.78 is 8.12. The van der Waals surface area contributed by atoms with Crippen molar-refractivity contribution in [3.8, 4) is 0 Å². The van der Waals surface area contributed by atoms with Crippen LogP contribution in [0.25, 0.3) is 21.0 Å². The number of likely N-dealkylation sites (N-methyl/N-ethyl adjacent to an activating group) is 1. The molecule has 4 rings (SSSR count). The van der Waals surface area contributed by atoms with Gasteiger partial charge >= 0.3 is 6.09 Å². The number of nitrogens with one attached hydrogen (secondary N) is 2. The van der Waals surface area contributed by atoms with E-state index >= 15 is 0 Å². The van der Waals surface area contributed by atoms with E-state index in [4.69, 9.17) is 10.5 Å². The number of carbonyl (C=O) groups excluding carboxylic acids is 3. The van der Waals surface area contributed by atoms with Crippen molar-refractivity contribution < 1.29 is 19.1 Å². The number of carbonyl (C=O) groups is 3. The summed E-state index contributed by atoms with van der Waals surface area (Å²) in [7, 11) is 1.71. The van der Waals surface area contributed by atoms with E-state index in [1.165, 1.54) is 4.57 Å². The van der Waals surface area contributed by atoms with E-state index in [9.17, 15) is 14.4 Å². The van der Waals surface area contributed by atoms with Gasteiger partial charge in [-0.05, 0) is 68.3 Å². The van der Waals surface area contributed by atoms with Crippen LogP contribution in [0, 0.1) is 0 Å². The maximum atomic E-state index is 13.2. The minimum absolute atomic E-state index is 0.134. The Morgan fingerprint density at radius 3 is 2.30 bits per heavy atom. The first-order valence-corrected chi connectivity index (χ1v) is 13.0. The van der Waals surface area contributed by atoms with E-state index in [0.717, 1.165) is 21.0 Å². The van der Waals surface area contributed by atoms with Gasteiger partial charge in [0, 0.05) is 22.7 Å². The Labute approximate surface area is 219 Å². The van der Waals surface area contributed by atoms with Gasteiger partial charge < -0.3 is 21.1 Å². The SMILES string of the molecule is CNC(Cc1csc2ccccc12)C(=O)N[C@H](Cc1cn(C(=O)OC(C)(C)C)c2ccccc12)C(N)=O. The monoisotopic (exact) mass is 520 g/mol. The predicted molar refractivity (Wildman–Crippen MR) is 147 cm³/mol. The fourth-order valence-corrected chi connectivity index (χ4v) is 5.30. The Morgan fingerprint density at radius 1 is 0.973 bits per heavy atom. The maximum Gasteiger partial charge on any atom is 0.419 e. The number of primary amides is 1. The number of nitrogens with zero attached hydrogens (tertiary/aromatic N) is 1. The Balaban J connectivity index is 1.55. The molecule has 4 aromatic rings. The van der Waals surface area contributed by atoms with Crippen LogP contribution >= 0.6 is 11.3 Å². The smallest absolute Gasteiger partial charge is 0.419 e. The van der Waals surface area contributed by atoms with Gasteiger partial charge in [0.15, 0.2) is 0 Å². The standard InChI is InChI=1S/C28H32N4O4S/c1-28(2,3)36-27(35)32-15-17(19-9-5-7-11-23(19)32)13-21(25(29)33)31-26(34)22(30-4)14-18-16-37-24-12-8-6-10-20(18)24/h5-12,15-16,21-22,30H,13-14H2,1-4H3,(H2,29,33)(H,31,34)/t21-,22?/m1/s1. The van der Waals surface area contributed by atoms with E-state index in [2.05, 4.69) is 22.1 Å². The lowest BCUT2D eigenvalue weighted by Crippen LogP contribution is -2.52. The van der Waals surface area contributed by atoms with Crippen LogP contribution in [-0.2, 0) is 27.2 Å². The highest BCUT2D eigenvalue weighted by Crippen LogP contribution is 2.27. The zero-order valence-corrected chi connectivity index (χ0v) is 22.2. The number of thiophene rings is 1. The topological polar surface area (TPSA) is 115 Å². The van der Waals surface area contributed by atoms with E-state index in [1.807, 2.05) is 42.5 Å². The number of aromatic nitrogens is 1. The third-order valence-corrected chi connectivity index (χ3v) is 7.13. The molecule has 9 heteroatoms. The van der Waals surface area contributed by atoms with Crippen LogP contribution in [0.5, 0.6) is 0 Å². The summed E-state index contributed by atoms with van der Waals surface area (Å²) in [6, 6.07) is 13.9. The minimum Gasteiger partial charge on any atom is -0.443 e. The molecule has 2 heterocycles. The minimum atomic E-state index is -0.958. The molecule has 0 radical (unpaired) electrons. The summed E-state index contributed by atoms with van der Waals surface area (Å²) in [5, 5.41) is 9.83. The second-order valence-corrected chi connectivity index (χ2v) is 10.9. The van der Waals surface area contributed by atoms with Gasteiger partial charge in [0.25, 0.3) is 0 Å². The molecule has 0 saturated heterocycles. The molecule has 0 fully saturated rings. The van der Waals surface area contributed by atoms with Crippen molar-refractivity contribution in [3.05, 3.63) is 71.2 Å². The van der Waals surface area contributed by atoms with Crippen LogP contribution < -0.4 is 16.4 Å². The van der Waals surface area contributed by atoms with Crippen molar-refractivity contribution in [1.29, 1.82) is 0 Å². The summed E-state index contributed by atoms with van der Waals surface area (Å²) in [4.78, 5) is 38.4. The highest BCUT2D eigenvalue weighted by atomic mass is 32.1. The molecule has 194 valence electrons. The number of rotatable bonds is 8. The second-order valence-electron chi connectivity index (χ2n) is 9.99. The van der Waals surface area contributed by atoms with E-state index in [1.54, 1.807) is 45.4 Å². The Hall–Kier alpha value is -3.69. The average Bonchev–Trinajstić information content (AvgIpc) is 3.42. The quantitative estimate of drug-likeness (QED) is 0.325. The molecule has 0 aliphatic rings. The number of para-hydroxylation sites is 1. The summed E-state index contributed by atoms with van der Waals surface area (Å²) in [5.41, 5.74) is 7.46. The number of amides is 2. The first kappa shape index (κ1) is 26.4. The Kier molecular flexibility index (Phi) is 7.65. The van der Waals surface area contributed by atoms with Gasteiger partial charge in [0.1, 0.15) is 11.6 Å². The van der Waals surface area contributed by atoms with Gasteiger partial charge in [0.05, 0.1) is 11.6 Å². The number of ether oxygens (including phenoxy) is 1. The molecule has 4 N–H and O–H groups in total. The summed E-state index contributed by atoms with van der Waals surface area (Å²) in [6.07, 6.45) is 1.73. The van der Waals surface area contributed by atoms with Gasteiger partial charge in [0.2, 0.25) is 11.8 Å². The summed E-state index contributed by atoms with van der Waals surface area (Å²) >= 11 is 1.63. The molecule has 2 aromatic heterocycles. The number of hydrogen-bond acceptors (Lipinski definition) is 6. The Bertz CT molecular complexity index is 1450. The van der Waals surface area contributed by atoms with Crippen molar-refractivity contribution >= 4 is 50.2 Å². The van der Waals surface area contributed by atoms with Gasteiger partial charge in [-0.2, -0.15) is 0 Å². The van der Waals surface area contributed by atoms with Gasteiger partial charge in [-0.25, -0.2) is 4.79 Å².